The van der Waals surface area contributed by atoms with Gasteiger partial charge in [-0.2, -0.15) is 5.10 Å². The van der Waals surface area contributed by atoms with Crippen LogP contribution >= 0.6 is 0 Å². The van der Waals surface area contributed by atoms with Crippen molar-refractivity contribution >= 4 is 22.9 Å². The van der Waals surface area contributed by atoms with E-state index < -0.39 is 0 Å². The number of aliphatic imine (C=N–C) groups is 1. The molecule has 2 N–H and O–H groups in total. The Hall–Kier alpha value is -2.75. The molecule has 1 heterocycles. The van der Waals surface area contributed by atoms with Gasteiger partial charge in [0.25, 0.3) is 5.91 Å². The Morgan fingerprint density at radius 2 is 1.95 bits per heavy atom. The lowest BCUT2D eigenvalue weighted by atomic mass is 9.79. The smallest absolute Gasteiger partial charge is 0.279 e. The fourth-order valence-corrected chi connectivity index (χ4v) is 2.86. The zero-order valence-corrected chi connectivity index (χ0v) is 12.6. The molecule has 0 aromatic heterocycles. The molecule has 22 heavy (non-hydrogen) atoms. The molecule has 0 fully saturated rings. The number of hydrogen-bond acceptors (Lipinski definition) is 3. The van der Waals surface area contributed by atoms with Gasteiger partial charge >= 0.3 is 0 Å². The van der Waals surface area contributed by atoms with Crippen LogP contribution in [-0.2, 0) is 4.79 Å². The molecule has 2 aliphatic rings. The number of dihydropyridines is 1. The second kappa shape index (κ2) is 5.56. The summed E-state index contributed by atoms with van der Waals surface area (Å²) in [6.07, 6.45) is 6.00. The number of amides is 1. The number of hydrogen-bond donors (Lipinski definition) is 1. The monoisotopic (exact) mass is 291 g/mol. The molecule has 110 valence electrons. The molecule has 4 heteroatoms. The van der Waals surface area contributed by atoms with Crippen molar-refractivity contribution in [3.05, 3.63) is 65.3 Å². The summed E-state index contributed by atoms with van der Waals surface area (Å²) in [5, 5.41) is 3.72. The van der Waals surface area contributed by atoms with E-state index in [1.165, 1.54) is 0 Å². The van der Waals surface area contributed by atoms with Crippen LogP contribution in [0.5, 0.6) is 0 Å². The minimum Gasteiger partial charge on any atom is -0.323 e. The molecule has 0 radical (unpaired) electrons. The van der Waals surface area contributed by atoms with E-state index in [2.05, 4.69) is 16.2 Å². The number of nitrogens with zero attached hydrogens (tertiary/aromatic N) is 2. The lowest BCUT2D eigenvalue weighted by Gasteiger charge is -2.27. The van der Waals surface area contributed by atoms with Crippen molar-refractivity contribution in [3.8, 4) is 0 Å². The molecule has 1 atom stereocenters. The third kappa shape index (κ3) is 2.33. The predicted molar refractivity (Wildman–Crippen MR) is 89.5 cm³/mol. The first kappa shape index (κ1) is 14.2. The molecule has 0 saturated carbocycles. The molecule has 0 saturated heterocycles. The topological polar surface area (TPSA) is 67.8 Å². The molecular weight excluding hydrogens is 274 g/mol. The van der Waals surface area contributed by atoms with Gasteiger partial charge in [0, 0.05) is 5.92 Å². The molecule has 1 amide bonds. The fraction of sp³-hybridized carbons (Fsp3) is 0.167. The van der Waals surface area contributed by atoms with Crippen molar-refractivity contribution < 1.29 is 4.79 Å². The normalized spacial score (nSPS) is 21.5. The summed E-state index contributed by atoms with van der Waals surface area (Å²) in [5.74, 6) is 5.10. The van der Waals surface area contributed by atoms with E-state index in [1.54, 1.807) is 6.92 Å². The number of carbonyl (C=O) groups excluding carboxylic acids is 1. The van der Waals surface area contributed by atoms with Gasteiger partial charge in [-0.25, -0.2) is 4.99 Å². The third-order valence-corrected chi connectivity index (χ3v) is 3.93. The molecule has 1 aromatic rings. The summed E-state index contributed by atoms with van der Waals surface area (Å²) >= 11 is 0. The van der Waals surface area contributed by atoms with Crippen LogP contribution in [0.25, 0.3) is 5.57 Å². The number of hydrazone groups is 1. The third-order valence-electron chi connectivity index (χ3n) is 3.93. The second-order valence-corrected chi connectivity index (χ2v) is 5.43. The Kier molecular flexibility index (Phi) is 3.59. The number of nitrogens with two attached hydrogens (primary N) is 1. The average molecular weight is 291 g/mol. The maximum Gasteiger partial charge on any atom is 0.279 e. The summed E-state index contributed by atoms with van der Waals surface area (Å²) in [7, 11) is 0. The highest BCUT2D eigenvalue weighted by Gasteiger charge is 2.32. The van der Waals surface area contributed by atoms with Crippen molar-refractivity contribution in [1.82, 2.24) is 0 Å². The van der Waals surface area contributed by atoms with E-state index in [-0.39, 0.29) is 11.8 Å². The summed E-state index contributed by atoms with van der Waals surface area (Å²) < 4.78 is 0. The Morgan fingerprint density at radius 1 is 1.23 bits per heavy atom. The molecular formula is C18H17N3O. The second-order valence-electron chi connectivity index (χ2n) is 5.43. The fourth-order valence-electron chi connectivity index (χ4n) is 2.86. The zero-order chi connectivity index (χ0) is 15.7. The number of fused-ring (bicyclic) bond motifs is 1. The predicted octanol–water partition coefficient (Wildman–Crippen LogP) is 2.89. The molecule has 1 aromatic carbocycles. The van der Waals surface area contributed by atoms with Crippen LogP contribution in [0.4, 0.5) is 0 Å². The van der Waals surface area contributed by atoms with Crippen LogP contribution < -0.4 is 5.84 Å². The van der Waals surface area contributed by atoms with Gasteiger partial charge < -0.3 is 5.84 Å². The van der Waals surface area contributed by atoms with Gasteiger partial charge in [-0.15, -0.1) is 0 Å². The molecule has 1 aliphatic carbocycles. The average Bonchev–Trinajstić information content (AvgIpc) is 2.54. The largest absolute Gasteiger partial charge is 0.323 e. The maximum atomic E-state index is 12.5. The van der Waals surface area contributed by atoms with Gasteiger partial charge in [-0.05, 0) is 31.1 Å². The van der Waals surface area contributed by atoms with E-state index in [0.717, 1.165) is 22.4 Å². The molecule has 3 rings (SSSR count). The van der Waals surface area contributed by atoms with Crippen LogP contribution in [0.1, 0.15) is 19.4 Å². The quantitative estimate of drug-likeness (QED) is 0.517. The number of benzene rings is 1. The minimum absolute atomic E-state index is 0.0446. The molecule has 0 spiro atoms. The van der Waals surface area contributed by atoms with Gasteiger partial charge in [0.05, 0.1) is 17.0 Å². The molecule has 4 nitrogen and oxygen atoms in total. The lowest BCUT2D eigenvalue weighted by molar-refractivity contribution is -0.113. The number of carbonyl (C=O) groups is 1. The van der Waals surface area contributed by atoms with Gasteiger partial charge in [-0.3, -0.25) is 4.79 Å². The highest BCUT2D eigenvalue weighted by atomic mass is 16.1. The number of allylic oxidation sites excluding steroid dienone is 5. The molecule has 0 bridgehead atoms. The van der Waals surface area contributed by atoms with Gasteiger partial charge in [0.2, 0.25) is 0 Å². The Balaban J connectivity index is 2.28. The maximum absolute atomic E-state index is 12.5. The standard InChI is InChI=1S/C18H17N3O/c1-11-8-9-15-14(10-11)17(13-6-4-3-5-7-13)16(12(2)21-19)18(22)20-15/h3-10,14H,19H2,1-2H3/b21-12+. The Bertz CT molecular complexity index is 780. The first-order chi connectivity index (χ1) is 10.6. The minimum atomic E-state index is -0.283. The van der Waals surface area contributed by atoms with E-state index >= 15 is 0 Å². The highest BCUT2D eigenvalue weighted by Crippen LogP contribution is 2.36. The highest BCUT2D eigenvalue weighted by molar-refractivity contribution is 6.33. The summed E-state index contributed by atoms with van der Waals surface area (Å²) in [6.45, 7) is 3.78. The van der Waals surface area contributed by atoms with Crippen LogP contribution in [0.15, 0.2) is 69.8 Å². The first-order valence-corrected chi connectivity index (χ1v) is 7.15. The van der Waals surface area contributed by atoms with Gasteiger partial charge in [-0.1, -0.05) is 48.1 Å². The van der Waals surface area contributed by atoms with Crippen LogP contribution in [0.2, 0.25) is 0 Å². The van der Waals surface area contributed by atoms with Crippen LogP contribution in [0.3, 0.4) is 0 Å². The van der Waals surface area contributed by atoms with Crippen LogP contribution in [0, 0.1) is 5.92 Å². The SMILES string of the molecule is CC1=CC2C(=NC(=O)C(/C(C)=N/N)=C2c2ccccc2)C=C1. The van der Waals surface area contributed by atoms with E-state index in [0.29, 0.717) is 11.3 Å². The Morgan fingerprint density at radius 3 is 2.64 bits per heavy atom. The van der Waals surface area contributed by atoms with E-state index in [9.17, 15) is 4.79 Å². The first-order valence-electron chi connectivity index (χ1n) is 7.15. The lowest BCUT2D eigenvalue weighted by Crippen LogP contribution is -2.27. The van der Waals surface area contributed by atoms with Gasteiger partial charge in [0.15, 0.2) is 0 Å². The summed E-state index contributed by atoms with van der Waals surface area (Å²) in [5.41, 5.74) is 4.84. The van der Waals surface area contributed by atoms with Crippen molar-refractivity contribution in [2.24, 2.45) is 21.9 Å². The Labute approximate surface area is 129 Å². The van der Waals surface area contributed by atoms with Crippen molar-refractivity contribution in [1.29, 1.82) is 0 Å². The van der Waals surface area contributed by atoms with E-state index in [4.69, 9.17) is 5.84 Å². The zero-order valence-electron chi connectivity index (χ0n) is 12.6. The van der Waals surface area contributed by atoms with E-state index in [1.807, 2.05) is 49.4 Å². The number of rotatable bonds is 2. The van der Waals surface area contributed by atoms with Crippen molar-refractivity contribution in [2.75, 3.05) is 0 Å². The molecule has 1 unspecified atom stereocenters. The molecule has 1 aliphatic heterocycles. The summed E-state index contributed by atoms with van der Waals surface area (Å²) in [4.78, 5) is 16.7. The summed E-state index contributed by atoms with van der Waals surface area (Å²) in [6, 6.07) is 9.86. The van der Waals surface area contributed by atoms with Crippen molar-refractivity contribution in [3.63, 3.8) is 0 Å². The van der Waals surface area contributed by atoms with Crippen LogP contribution in [-0.4, -0.2) is 17.3 Å². The van der Waals surface area contributed by atoms with Gasteiger partial charge in [0.1, 0.15) is 0 Å². The van der Waals surface area contributed by atoms with Crippen molar-refractivity contribution in [2.45, 2.75) is 13.8 Å².